The zero-order chi connectivity index (χ0) is 25.3. The van der Waals surface area contributed by atoms with E-state index in [9.17, 15) is 9.59 Å². The van der Waals surface area contributed by atoms with Crippen molar-refractivity contribution in [3.63, 3.8) is 0 Å². The summed E-state index contributed by atoms with van der Waals surface area (Å²) in [6, 6.07) is 11.8. The summed E-state index contributed by atoms with van der Waals surface area (Å²) in [6.07, 6.45) is 6.88. The van der Waals surface area contributed by atoms with Gasteiger partial charge in [-0.1, -0.05) is 6.07 Å². The Hall–Kier alpha value is -3.94. The topological polar surface area (TPSA) is 106 Å². The Morgan fingerprint density at radius 2 is 1.64 bits per heavy atom. The lowest BCUT2D eigenvalue weighted by Crippen LogP contribution is -2.22. The molecule has 0 aliphatic carbocycles. The molecule has 36 heavy (non-hydrogen) atoms. The van der Waals surface area contributed by atoms with Crippen molar-refractivity contribution >= 4 is 33.7 Å². The molecule has 2 amide bonds. The lowest BCUT2D eigenvalue weighted by atomic mass is 10.1. The van der Waals surface area contributed by atoms with E-state index in [1.807, 2.05) is 42.6 Å². The van der Waals surface area contributed by atoms with Gasteiger partial charge in [-0.25, -0.2) is 0 Å². The second-order valence-electron chi connectivity index (χ2n) is 8.78. The molecule has 0 atom stereocenters. The van der Waals surface area contributed by atoms with E-state index in [1.165, 1.54) is 13.8 Å². The first kappa shape index (κ1) is 25.2. The van der Waals surface area contributed by atoms with Crippen LogP contribution < -0.4 is 20.1 Å². The molecule has 0 saturated heterocycles. The maximum absolute atomic E-state index is 11.2. The van der Waals surface area contributed by atoms with E-state index in [0.717, 1.165) is 63.8 Å². The summed E-state index contributed by atoms with van der Waals surface area (Å²) in [5.74, 6) is 1.56. The highest BCUT2D eigenvalue weighted by atomic mass is 16.5. The van der Waals surface area contributed by atoms with E-state index in [4.69, 9.17) is 13.9 Å². The van der Waals surface area contributed by atoms with Gasteiger partial charge < -0.3 is 29.5 Å². The molecule has 0 aliphatic rings. The van der Waals surface area contributed by atoms with Crippen LogP contribution >= 0.6 is 0 Å². The molecule has 0 aliphatic heterocycles. The van der Waals surface area contributed by atoms with Crippen LogP contribution in [0.3, 0.4) is 0 Å². The second-order valence-corrected chi connectivity index (χ2v) is 8.78. The van der Waals surface area contributed by atoms with Crippen LogP contribution in [0.15, 0.2) is 53.3 Å². The van der Waals surface area contributed by atoms with Crippen molar-refractivity contribution in [3.8, 4) is 11.5 Å². The maximum Gasteiger partial charge on any atom is 0.216 e. The number of aromatic nitrogens is 1. The number of carbonyl (C=O) groups is 2. The number of nitrogens with one attached hydrogen (secondary N) is 3. The zero-order valence-corrected chi connectivity index (χ0v) is 20.8. The van der Waals surface area contributed by atoms with Gasteiger partial charge in [0.15, 0.2) is 0 Å². The number of furan rings is 1. The molecule has 4 aromatic rings. The third kappa shape index (κ3) is 6.59. The normalized spacial score (nSPS) is 11.1. The fraction of sp³-hybridized carbons (Fsp3) is 0.357. The minimum absolute atomic E-state index is 0.0216. The van der Waals surface area contributed by atoms with E-state index in [0.29, 0.717) is 32.7 Å². The molecule has 190 valence electrons. The van der Waals surface area contributed by atoms with E-state index in [-0.39, 0.29) is 11.8 Å². The highest BCUT2D eigenvalue weighted by molar-refractivity contribution is 5.87. The van der Waals surface area contributed by atoms with Crippen molar-refractivity contribution in [2.75, 3.05) is 26.3 Å². The number of fused-ring (bicyclic) bond motifs is 2. The quantitative estimate of drug-likeness (QED) is 0.239. The fourth-order valence-corrected chi connectivity index (χ4v) is 4.20. The van der Waals surface area contributed by atoms with Gasteiger partial charge in [-0.2, -0.15) is 0 Å². The molecule has 0 unspecified atom stereocenters. The lowest BCUT2D eigenvalue weighted by Gasteiger charge is -2.10. The number of unbranched alkanes of at least 4 members (excludes halogenated alkanes) is 1. The minimum atomic E-state index is -0.0445. The van der Waals surface area contributed by atoms with E-state index in [2.05, 4.69) is 15.6 Å². The standard InChI is InChI=1S/C28H33N3O5/c1-19(32)29-12-10-21-17-31-25-9-8-23(16-24(21)25)34-14-3-4-15-35-26-6-5-7-27-28(26)22(18-36-27)11-13-30-20(2)33/h5-9,16-18,31H,3-4,10-15H2,1-2H3,(H,29,32)(H,30,33). The van der Waals surface area contributed by atoms with Gasteiger partial charge in [0.2, 0.25) is 11.8 Å². The van der Waals surface area contributed by atoms with Gasteiger partial charge in [0.1, 0.15) is 17.1 Å². The summed E-state index contributed by atoms with van der Waals surface area (Å²) >= 11 is 0. The number of hydrogen-bond acceptors (Lipinski definition) is 5. The van der Waals surface area contributed by atoms with Crippen LogP contribution in [0.5, 0.6) is 11.5 Å². The highest BCUT2D eigenvalue weighted by Crippen LogP contribution is 2.31. The summed E-state index contributed by atoms with van der Waals surface area (Å²) < 4.78 is 17.7. The van der Waals surface area contributed by atoms with Crippen LogP contribution in [-0.2, 0) is 22.4 Å². The number of carbonyl (C=O) groups excluding carboxylic acids is 2. The Bertz CT molecular complexity index is 1320. The number of ether oxygens (including phenoxy) is 2. The number of aromatic amines is 1. The maximum atomic E-state index is 11.2. The monoisotopic (exact) mass is 491 g/mol. The Labute approximate surface area is 210 Å². The van der Waals surface area contributed by atoms with Gasteiger partial charge >= 0.3 is 0 Å². The van der Waals surface area contributed by atoms with Crippen molar-refractivity contribution in [2.24, 2.45) is 0 Å². The lowest BCUT2D eigenvalue weighted by molar-refractivity contribution is -0.119. The molecule has 8 nitrogen and oxygen atoms in total. The number of rotatable bonds is 13. The summed E-state index contributed by atoms with van der Waals surface area (Å²) in [6.45, 7) is 5.37. The van der Waals surface area contributed by atoms with Gasteiger partial charge in [-0.15, -0.1) is 0 Å². The molecule has 3 N–H and O–H groups in total. The van der Waals surface area contributed by atoms with Crippen LogP contribution in [0.2, 0.25) is 0 Å². The van der Waals surface area contributed by atoms with Gasteiger partial charge in [0, 0.05) is 49.6 Å². The Morgan fingerprint density at radius 1 is 0.917 bits per heavy atom. The van der Waals surface area contributed by atoms with Crippen molar-refractivity contribution in [1.82, 2.24) is 15.6 Å². The predicted octanol–water partition coefficient (Wildman–Crippen LogP) is 4.51. The van der Waals surface area contributed by atoms with Crippen molar-refractivity contribution in [2.45, 2.75) is 39.5 Å². The van der Waals surface area contributed by atoms with E-state index >= 15 is 0 Å². The van der Waals surface area contributed by atoms with Crippen LogP contribution in [0.4, 0.5) is 0 Å². The summed E-state index contributed by atoms with van der Waals surface area (Å²) in [4.78, 5) is 25.5. The summed E-state index contributed by atoms with van der Waals surface area (Å²) in [5.41, 5.74) is 4.01. The molecule has 4 rings (SSSR count). The van der Waals surface area contributed by atoms with Crippen molar-refractivity contribution in [3.05, 3.63) is 60.0 Å². The largest absolute Gasteiger partial charge is 0.494 e. The molecule has 0 saturated carbocycles. The summed E-state index contributed by atoms with van der Waals surface area (Å²) in [7, 11) is 0. The number of H-pyrrole nitrogens is 1. The smallest absolute Gasteiger partial charge is 0.216 e. The second kappa shape index (κ2) is 12.2. The Balaban J connectivity index is 1.25. The van der Waals surface area contributed by atoms with Crippen molar-refractivity contribution < 1.29 is 23.5 Å². The van der Waals surface area contributed by atoms with Crippen LogP contribution in [-0.4, -0.2) is 43.1 Å². The fourth-order valence-electron chi connectivity index (χ4n) is 4.20. The molecule has 8 heteroatoms. The molecule has 2 aromatic heterocycles. The molecular weight excluding hydrogens is 458 g/mol. The number of hydrogen-bond donors (Lipinski definition) is 3. The molecule has 0 fully saturated rings. The van der Waals surface area contributed by atoms with Gasteiger partial charge in [0.05, 0.1) is 24.9 Å². The molecular formula is C28H33N3O5. The van der Waals surface area contributed by atoms with Gasteiger partial charge in [-0.3, -0.25) is 9.59 Å². The van der Waals surface area contributed by atoms with E-state index < -0.39 is 0 Å². The third-order valence-corrected chi connectivity index (χ3v) is 5.98. The molecule has 2 aromatic carbocycles. The first-order valence-electron chi connectivity index (χ1n) is 12.3. The predicted molar refractivity (Wildman–Crippen MR) is 140 cm³/mol. The van der Waals surface area contributed by atoms with Crippen LogP contribution in [0, 0.1) is 0 Å². The van der Waals surface area contributed by atoms with Gasteiger partial charge in [0.25, 0.3) is 0 Å². The Morgan fingerprint density at radius 3 is 2.39 bits per heavy atom. The Kier molecular flexibility index (Phi) is 8.49. The molecule has 0 radical (unpaired) electrons. The van der Waals surface area contributed by atoms with Gasteiger partial charge in [-0.05, 0) is 61.6 Å². The average Bonchev–Trinajstić information content (AvgIpc) is 3.45. The first-order valence-corrected chi connectivity index (χ1v) is 12.3. The highest BCUT2D eigenvalue weighted by Gasteiger charge is 2.12. The van der Waals surface area contributed by atoms with Crippen molar-refractivity contribution in [1.29, 1.82) is 0 Å². The first-order chi connectivity index (χ1) is 17.5. The van der Waals surface area contributed by atoms with Crippen LogP contribution in [0.25, 0.3) is 21.9 Å². The SMILES string of the molecule is CC(=O)NCCc1c[nH]c2ccc(OCCCCOc3cccc4occ(CCNC(C)=O)c34)cc12. The number of amides is 2. The molecule has 0 spiro atoms. The molecule has 0 bridgehead atoms. The zero-order valence-electron chi connectivity index (χ0n) is 20.8. The third-order valence-electron chi connectivity index (χ3n) is 5.98. The summed E-state index contributed by atoms with van der Waals surface area (Å²) in [5, 5.41) is 7.74. The molecule has 2 heterocycles. The average molecular weight is 492 g/mol. The van der Waals surface area contributed by atoms with Crippen LogP contribution in [0.1, 0.15) is 37.8 Å². The minimum Gasteiger partial charge on any atom is -0.494 e. The number of benzene rings is 2. The van der Waals surface area contributed by atoms with E-state index in [1.54, 1.807) is 6.26 Å².